The predicted octanol–water partition coefficient (Wildman–Crippen LogP) is 2.00. The van der Waals surface area contributed by atoms with Crippen molar-refractivity contribution in [3.8, 4) is 0 Å². The van der Waals surface area contributed by atoms with Gasteiger partial charge in [0.25, 0.3) is 0 Å². The van der Waals surface area contributed by atoms with Gasteiger partial charge in [0.2, 0.25) is 0 Å². The molecule has 1 atom stereocenters. The van der Waals surface area contributed by atoms with Crippen molar-refractivity contribution in [3.63, 3.8) is 0 Å². The molecule has 0 aliphatic carbocycles. The topological polar surface area (TPSA) is 68.0 Å². The summed E-state index contributed by atoms with van der Waals surface area (Å²) in [5.41, 5.74) is 7.71. The Morgan fingerprint density at radius 2 is 2.22 bits per heavy atom. The van der Waals surface area contributed by atoms with Crippen molar-refractivity contribution in [1.82, 2.24) is 4.98 Å². The summed E-state index contributed by atoms with van der Waals surface area (Å²) in [6.07, 6.45) is 3.52. The van der Waals surface area contributed by atoms with E-state index in [9.17, 15) is 4.21 Å². The smallest absolute Gasteiger partial charge is 0.0630 e. The first-order valence-electron chi connectivity index (χ1n) is 5.93. The minimum Gasteiger partial charge on any atom is -0.397 e. The minimum absolute atomic E-state index is 0.643. The van der Waals surface area contributed by atoms with Gasteiger partial charge in [-0.2, -0.15) is 0 Å². The molecule has 0 radical (unpaired) electrons. The average Bonchev–Trinajstić information content (AvgIpc) is 2.41. The van der Waals surface area contributed by atoms with E-state index in [2.05, 4.69) is 10.3 Å². The van der Waals surface area contributed by atoms with Crippen LogP contribution in [0.4, 0.5) is 11.4 Å². The number of hydrogen-bond donors (Lipinski definition) is 2. The lowest BCUT2D eigenvalue weighted by Crippen LogP contribution is -2.13. The van der Waals surface area contributed by atoms with Crippen LogP contribution < -0.4 is 11.1 Å². The molecule has 2 aromatic rings. The molecule has 0 aliphatic rings. The van der Waals surface area contributed by atoms with E-state index in [1.165, 1.54) is 0 Å². The van der Waals surface area contributed by atoms with E-state index in [-0.39, 0.29) is 0 Å². The molecule has 0 amide bonds. The fourth-order valence-corrected chi connectivity index (χ4v) is 2.41. The van der Waals surface area contributed by atoms with Gasteiger partial charge in [-0.15, -0.1) is 0 Å². The second kappa shape index (κ2) is 5.82. The van der Waals surface area contributed by atoms with E-state index in [4.69, 9.17) is 5.73 Å². The highest BCUT2D eigenvalue weighted by atomic mass is 32.2. The molecule has 1 unspecified atom stereocenters. The molecule has 5 heteroatoms. The highest BCUT2D eigenvalue weighted by Gasteiger charge is 2.04. The number of anilines is 2. The van der Waals surface area contributed by atoms with Crippen LogP contribution in [0, 0.1) is 0 Å². The van der Waals surface area contributed by atoms with Crippen molar-refractivity contribution in [2.24, 2.45) is 0 Å². The summed E-state index contributed by atoms with van der Waals surface area (Å²) in [4.78, 5) is 4.06. The van der Waals surface area contributed by atoms with Crippen LogP contribution in [0.5, 0.6) is 0 Å². The molecular weight excluding hydrogens is 246 g/mol. The molecule has 0 saturated carbocycles. The maximum absolute atomic E-state index is 11.3. The summed E-state index contributed by atoms with van der Waals surface area (Å²) >= 11 is 0. The SMILES string of the molecule is CCS(=O)CCNc1ccc2cnccc2c1N. The minimum atomic E-state index is -0.748. The van der Waals surface area contributed by atoms with E-state index in [0.717, 1.165) is 22.1 Å². The molecule has 0 bridgehead atoms. The van der Waals surface area contributed by atoms with Crippen molar-refractivity contribution >= 4 is 32.9 Å². The van der Waals surface area contributed by atoms with Crippen LogP contribution in [-0.2, 0) is 10.8 Å². The highest BCUT2D eigenvalue weighted by Crippen LogP contribution is 2.27. The Morgan fingerprint density at radius 3 is 3.00 bits per heavy atom. The van der Waals surface area contributed by atoms with Gasteiger partial charge >= 0.3 is 0 Å². The molecule has 3 N–H and O–H groups in total. The number of rotatable bonds is 5. The Labute approximate surface area is 109 Å². The Kier molecular flexibility index (Phi) is 4.15. The van der Waals surface area contributed by atoms with Crippen molar-refractivity contribution in [2.45, 2.75) is 6.92 Å². The molecule has 0 aliphatic heterocycles. The largest absolute Gasteiger partial charge is 0.397 e. The first-order valence-corrected chi connectivity index (χ1v) is 7.42. The third kappa shape index (κ3) is 2.79. The monoisotopic (exact) mass is 263 g/mol. The summed E-state index contributed by atoms with van der Waals surface area (Å²) in [6.45, 7) is 2.59. The van der Waals surface area contributed by atoms with E-state index in [1.54, 1.807) is 12.4 Å². The summed E-state index contributed by atoms with van der Waals surface area (Å²) in [6, 6.07) is 5.83. The van der Waals surface area contributed by atoms with Crippen LogP contribution in [0.2, 0.25) is 0 Å². The van der Waals surface area contributed by atoms with Crippen molar-refractivity contribution < 1.29 is 4.21 Å². The van der Waals surface area contributed by atoms with Crippen molar-refractivity contribution in [3.05, 3.63) is 30.6 Å². The lowest BCUT2D eigenvalue weighted by atomic mass is 10.1. The van der Waals surface area contributed by atoms with Gasteiger partial charge in [0.05, 0.1) is 11.4 Å². The maximum atomic E-state index is 11.3. The van der Waals surface area contributed by atoms with E-state index < -0.39 is 10.8 Å². The number of fused-ring (bicyclic) bond motifs is 1. The molecule has 1 aromatic carbocycles. The van der Waals surface area contributed by atoms with Gasteiger partial charge in [0, 0.05) is 52.0 Å². The number of hydrogen-bond acceptors (Lipinski definition) is 4. The van der Waals surface area contributed by atoms with Crippen molar-refractivity contribution in [2.75, 3.05) is 29.1 Å². The molecular formula is C13H17N3OS. The molecule has 0 saturated heterocycles. The summed E-state index contributed by atoms with van der Waals surface area (Å²) < 4.78 is 11.3. The zero-order valence-corrected chi connectivity index (χ0v) is 11.2. The second-order valence-electron chi connectivity index (χ2n) is 3.98. The van der Waals surface area contributed by atoms with Gasteiger partial charge in [-0.3, -0.25) is 9.19 Å². The number of benzene rings is 1. The van der Waals surface area contributed by atoms with Gasteiger partial charge in [-0.1, -0.05) is 13.0 Å². The Balaban J connectivity index is 2.14. The van der Waals surface area contributed by atoms with E-state index in [1.807, 2.05) is 25.1 Å². The Hall–Kier alpha value is -1.62. The Morgan fingerprint density at radius 1 is 1.39 bits per heavy atom. The van der Waals surface area contributed by atoms with Gasteiger partial charge < -0.3 is 11.1 Å². The normalized spacial score (nSPS) is 12.5. The van der Waals surface area contributed by atoms with E-state index in [0.29, 0.717) is 18.1 Å². The quantitative estimate of drug-likeness (QED) is 0.810. The molecule has 0 fully saturated rings. The van der Waals surface area contributed by atoms with Crippen LogP contribution in [0.1, 0.15) is 6.92 Å². The predicted molar refractivity (Wildman–Crippen MR) is 78.2 cm³/mol. The molecule has 1 heterocycles. The molecule has 1 aromatic heterocycles. The van der Waals surface area contributed by atoms with Crippen LogP contribution in [0.15, 0.2) is 30.6 Å². The van der Waals surface area contributed by atoms with Gasteiger partial charge in [0.1, 0.15) is 0 Å². The third-order valence-electron chi connectivity index (χ3n) is 2.83. The highest BCUT2D eigenvalue weighted by molar-refractivity contribution is 7.84. The lowest BCUT2D eigenvalue weighted by molar-refractivity contribution is 0.684. The van der Waals surface area contributed by atoms with Crippen LogP contribution in [-0.4, -0.2) is 27.2 Å². The van der Waals surface area contributed by atoms with Gasteiger partial charge in [-0.05, 0) is 12.1 Å². The third-order valence-corrected chi connectivity index (χ3v) is 4.13. The summed E-state index contributed by atoms with van der Waals surface area (Å²) in [5, 5.41) is 5.25. The standard InChI is InChI=1S/C13H17N3OS/c1-2-18(17)8-7-16-12-4-3-10-9-15-6-5-11(10)13(12)14/h3-6,9,16H,2,7-8,14H2,1H3. The summed E-state index contributed by atoms with van der Waals surface area (Å²) in [7, 11) is -0.748. The average molecular weight is 263 g/mol. The van der Waals surface area contributed by atoms with Crippen LogP contribution in [0.3, 0.4) is 0 Å². The lowest BCUT2D eigenvalue weighted by Gasteiger charge is -2.11. The fourth-order valence-electron chi connectivity index (χ4n) is 1.79. The van der Waals surface area contributed by atoms with Crippen molar-refractivity contribution in [1.29, 1.82) is 0 Å². The Bertz CT molecular complexity index is 571. The van der Waals surface area contributed by atoms with Gasteiger partial charge in [-0.25, -0.2) is 0 Å². The maximum Gasteiger partial charge on any atom is 0.0630 e. The molecule has 96 valence electrons. The first-order chi connectivity index (χ1) is 8.72. The number of aromatic nitrogens is 1. The zero-order valence-electron chi connectivity index (χ0n) is 10.3. The number of nitrogens with zero attached hydrogens (tertiary/aromatic N) is 1. The number of nitrogens with one attached hydrogen (secondary N) is 1. The summed E-state index contributed by atoms with van der Waals surface area (Å²) in [5.74, 6) is 1.34. The fraction of sp³-hybridized carbons (Fsp3) is 0.308. The molecule has 18 heavy (non-hydrogen) atoms. The van der Waals surface area contributed by atoms with Gasteiger partial charge in [0.15, 0.2) is 0 Å². The van der Waals surface area contributed by atoms with Crippen LogP contribution >= 0.6 is 0 Å². The second-order valence-corrected chi connectivity index (χ2v) is 5.85. The first kappa shape index (κ1) is 12.8. The number of nitrogens with two attached hydrogens (primary N) is 1. The van der Waals surface area contributed by atoms with Crippen LogP contribution in [0.25, 0.3) is 10.8 Å². The molecule has 0 spiro atoms. The number of nitrogen functional groups attached to an aromatic ring is 1. The van der Waals surface area contributed by atoms with E-state index >= 15 is 0 Å². The molecule has 4 nitrogen and oxygen atoms in total. The zero-order chi connectivity index (χ0) is 13.0. The number of pyridine rings is 1. The molecule has 2 rings (SSSR count).